The van der Waals surface area contributed by atoms with Gasteiger partial charge in [0.25, 0.3) is 0 Å². The van der Waals surface area contributed by atoms with E-state index in [1.807, 2.05) is 23.1 Å². The first kappa shape index (κ1) is 16.8. The molecule has 1 saturated carbocycles. The van der Waals surface area contributed by atoms with Gasteiger partial charge in [-0.3, -0.25) is 4.79 Å². The number of amides is 3. The van der Waals surface area contributed by atoms with E-state index in [9.17, 15) is 9.59 Å². The van der Waals surface area contributed by atoms with Crippen molar-refractivity contribution in [1.82, 2.24) is 10.2 Å². The average molecular weight is 330 g/mol. The SMILES string of the molecule is CC(C)(NC(=O)Nc1ccccc1)C(=O)N1CC2CCC(N)C2C1. The van der Waals surface area contributed by atoms with Crippen molar-refractivity contribution in [3.8, 4) is 0 Å². The number of fused-ring (bicyclic) bond motifs is 1. The lowest BCUT2D eigenvalue weighted by Gasteiger charge is -2.31. The zero-order valence-electron chi connectivity index (χ0n) is 14.3. The summed E-state index contributed by atoms with van der Waals surface area (Å²) in [6.45, 7) is 4.95. The van der Waals surface area contributed by atoms with E-state index >= 15 is 0 Å². The molecule has 3 amide bonds. The summed E-state index contributed by atoms with van der Waals surface area (Å²) >= 11 is 0. The van der Waals surface area contributed by atoms with Gasteiger partial charge in [-0.15, -0.1) is 0 Å². The van der Waals surface area contributed by atoms with E-state index < -0.39 is 5.54 Å². The molecule has 1 aliphatic carbocycles. The van der Waals surface area contributed by atoms with E-state index in [2.05, 4.69) is 10.6 Å². The van der Waals surface area contributed by atoms with Crippen LogP contribution in [0.4, 0.5) is 10.5 Å². The zero-order chi connectivity index (χ0) is 17.3. The fourth-order valence-electron chi connectivity index (χ4n) is 3.89. The topological polar surface area (TPSA) is 87.5 Å². The van der Waals surface area contributed by atoms with Crippen LogP contribution in [0.5, 0.6) is 0 Å². The fourth-order valence-corrected chi connectivity index (χ4v) is 3.89. The summed E-state index contributed by atoms with van der Waals surface area (Å²) in [7, 11) is 0. The van der Waals surface area contributed by atoms with Gasteiger partial charge in [-0.2, -0.15) is 0 Å². The van der Waals surface area contributed by atoms with Crippen LogP contribution in [0.3, 0.4) is 0 Å². The molecule has 3 unspecified atom stereocenters. The van der Waals surface area contributed by atoms with Crippen molar-refractivity contribution in [1.29, 1.82) is 0 Å². The van der Waals surface area contributed by atoms with Crippen LogP contribution in [0.15, 0.2) is 30.3 Å². The van der Waals surface area contributed by atoms with Gasteiger partial charge in [0, 0.05) is 24.8 Å². The number of hydrogen-bond acceptors (Lipinski definition) is 3. The molecule has 4 N–H and O–H groups in total. The van der Waals surface area contributed by atoms with Crippen LogP contribution in [-0.2, 0) is 4.79 Å². The minimum absolute atomic E-state index is 0.0488. The van der Waals surface area contributed by atoms with Crippen LogP contribution in [-0.4, -0.2) is 41.5 Å². The molecule has 0 spiro atoms. The molecule has 1 aromatic rings. The number of rotatable bonds is 3. The van der Waals surface area contributed by atoms with Crippen molar-refractivity contribution in [2.45, 2.75) is 38.3 Å². The lowest BCUT2D eigenvalue weighted by Crippen LogP contribution is -2.56. The Balaban J connectivity index is 1.58. The summed E-state index contributed by atoms with van der Waals surface area (Å²) in [6.07, 6.45) is 2.15. The number of urea groups is 1. The Kier molecular flexibility index (Phi) is 4.49. The summed E-state index contributed by atoms with van der Waals surface area (Å²) in [4.78, 5) is 26.9. The van der Waals surface area contributed by atoms with E-state index in [4.69, 9.17) is 5.73 Å². The number of nitrogens with two attached hydrogens (primary N) is 1. The molecule has 2 aliphatic rings. The number of para-hydroxylation sites is 1. The number of nitrogens with zero attached hydrogens (tertiary/aromatic N) is 1. The highest BCUT2D eigenvalue weighted by atomic mass is 16.2. The lowest BCUT2D eigenvalue weighted by molar-refractivity contribution is -0.135. The average Bonchev–Trinajstić information content (AvgIpc) is 3.09. The van der Waals surface area contributed by atoms with E-state index in [-0.39, 0.29) is 18.0 Å². The summed E-state index contributed by atoms with van der Waals surface area (Å²) in [5.74, 6) is 0.869. The van der Waals surface area contributed by atoms with Crippen molar-refractivity contribution < 1.29 is 9.59 Å². The minimum Gasteiger partial charge on any atom is -0.340 e. The normalized spacial score (nSPS) is 26.1. The largest absolute Gasteiger partial charge is 0.340 e. The van der Waals surface area contributed by atoms with Gasteiger partial charge in [0.1, 0.15) is 5.54 Å². The van der Waals surface area contributed by atoms with Gasteiger partial charge in [-0.25, -0.2) is 4.79 Å². The summed E-state index contributed by atoms with van der Waals surface area (Å²) in [5, 5.41) is 5.54. The number of hydrogen-bond donors (Lipinski definition) is 3. The fraction of sp³-hybridized carbons (Fsp3) is 0.556. The van der Waals surface area contributed by atoms with Gasteiger partial charge in [-0.1, -0.05) is 18.2 Å². The van der Waals surface area contributed by atoms with Gasteiger partial charge in [0.2, 0.25) is 5.91 Å². The molecule has 1 saturated heterocycles. The van der Waals surface area contributed by atoms with Gasteiger partial charge in [0.15, 0.2) is 0 Å². The van der Waals surface area contributed by atoms with Crippen molar-refractivity contribution in [2.24, 2.45) is 17.6 Å². The molecule has 3 rings (SSSR count). The third-order valence-corrected chi connectivity index (χ3v) is 5.19. The Hall–Kier alpha value is -2.08. The zero-order valence-corrected chi connectivity index (χ0v) is 14.3. The van der Waals surface area contributed by atoms with Crippen molar-refractivity contribution in [2.75, 3.05) is 18.4 Å². The Bertz CT molecular complexity index is 617. The lowest BCUT2D eigenvalue weighted by atomic mass is 9.98. The molecule has 3 atom stereocenters. The van der Waals surface area contributed by atoms with Crippen LogP contribution in [0.1, 0.15) is 26.7 Å². The van der Waals surface area contributed by atoms with Crippen molar-refractivity contribution >= 4 is 17.6 Å². The predicted molar refractivity (Wildman–Crippen MR) is 93.4 cm³/mol. The Morgan fingerprint density at radius 1 is 1.17 bits per heavy atom. The number of anilines is 1. The quantitative estimate of drug-likeness (QED) is 0.789. The molecule has 24 heavy (non-hydrogen) atoms. The molecular weight excluding hydrogens is 304 g/mol. The van der Waals surface area contributed by atoms with Crippen LogP contribution < -0.4 is 16.4 Å². The van der Waals surface area contributed by atoms with E-state index in [1.54, 1.807) is 26.0 Å². The highest BCUT2D eigenvalue weighted by Gasteiger charge is 2.45. The predicted octanol–water partition coefficient (Wildman–Crippen LogP) is 1.78. The van der Waals surface area contributed by atoms with Gasteiger partial charge in [0.05, 0.1) is 0 Å². The van der Waals surface area contributed by atoms with E-state index in [0.717, 1.165) is 19.4 Å². The molecule has 130 valence electrons. The first-order valence-electron chi connectivity index (χ1n) is 8.56. The van der Waals surface area contributed by atoms with Crippen molar-refractivity contribution in [3.63, 3.8) is 0 Å². The first-order chi connectivity index (χ1) is 11.4. The second kappa shape index (κ2) is 6.43. The van der Waals surface area contributed by atoms with Crippen LogP contribution in [0, 0.1) is 11.8 Å². The number of carbonyl (C=O) groups is 2. The molecule has 1 heterocycles. The molecular formula is C18H26N4O2. The number of benzene rings is 1. The standard InChI is InChI=1S/C18H26N4O2/c1-18(2,21-17(24)20-13-6-4-3-5-7-13)16(23)22-10-12-8-9-15(19)14(12)11-22/h3-7,12,14-15H,8-11,19H2,1-2H3,(H2,20,21,24). The number of likely N-dealkylation sites (tertiary alicyclic amines) is 1. The van der Waals surface area contributed by atoms with E-state index in [0.29, 0.717) is 24.1 Å². The number of nitrogens with one attached hydrogen (secondary N) is 2. The summed E-state index contributed by atoms with van der Waals surface area (Å²) in [6, 6.07) is 9.00. The highest BCUT2D eigenvalue weighted by molar-refractivity contribution is 5.95. The van der Waals surface area contributed by atoms with Crippen LogP contribution in [0.25, 0.3) is 0 Å². The molecule has 0 radical (unpaired) electrons. The minimum atomic E-state index is -0.957. The second-order valence-electron chi connectivity index (χ2n) is 7.45. The molecule has 2 fully saturated rings. The molecule has 0 aromatic heterocycles. The third-order valence-electron chi connectivity index (χ3n) is 5.19. The van der Waals surface area contributed by atoms with Gasteiger partial charge in [-0.05, 0) is 50.7 Å². The Morgan fingerprint density at radius 3 is 2.54 bits per heavy atom. The highest BCUT2D eigenvalue weighted by Crippen LogP contribution is 2.37. The Morgan fingerprint density at radius 2 is 1.88 bits per heavy atom. The maximum Gasteiger partial charge on any atom is 0.320 e. The smallest absolute Gasteiger partial charge is 0.320 e. The van der Waals surface area contributed by atoms with Gasteiger partial charge < -0.3 is 21.3 Å². The van der Waals surface area contributed by atoms with Crippen LogP contribution in [0.2, 0.25) is 0 Å². The molecule has 1 aromatic carbocycles. The maximum atomic E-state index is 12.8. The molecule has 6 heteroatoms. The second-order valence-corrected chi connectivity index (χ2v) is 7.45. The maximum absolute atomic E-state index is 12.8. The van der Waals surface area contributed by atoms with Crippen LogP contribution >= 0.6 is 0 Å². The number of carbonyl (C=O) groups excluding carboxylic acids is 2. The summed E-state index contributed by atoms with van der Waals surface area (Å²) in [5.41, 5.74) is 5.88. The van der Waals surface area contributed by atoms with Crippen molar-refractivity contribution in [3.05, 3.63) is 30.3 Å². The molecule has 6 nitrogen and oxygen atoms in total. The molecule has 0 bridgehead atoms. The third kappa shape index (κ3) is 3.38. The molecule has 1 aliphatic heterocycles. The van der Waals surface area contributed by atoms with E-state index in [1.165, 1.54) is 0 Å². The Labute approximate surface area is 142 Å². The summed E-state index contributed by atoms with van der Waals surface area (Å²) < 4.78 is 0. The first-order valence-corrected chi connectivity index (χ1v) is 8.56. The van der Waals surface area contributed by atoms with Gasteiger partial charge >= 0.3 is 6.03 Å². The monoisotopic (exact) mass is 330 g/mol.